The van der Waals surface area contributed by atoms with Gasteiger partial charge in [-0.25, -0.2) is 9.97 Å². The van der Waals surface area contributed by atoms with E-state index in [-0.39, 0.29) is 0 Å². The molecule has 0 spiro atoms. The number of pyridine rings is 3. The fourth-order valence-corrected chi connectivity index (χ4v) is 12.0. The number of hydrogen-bond donors (Lipinski definition) is 0. The van der Waals surface area contributed by atoms with E-state index in [4.69, 9.17) is 29.7 Å². The van der Waals surface area contributed by atoms with Gasteiger partial charge < -0.3 is 4.74 Å². The molecule has 6 nitrogen and oxygen atoms in total. The van der Waals surface area contributed by atoms with Crippen LogP contribution in [-0.2, 0) is 0 Å². The minimum absolute atomic E-state index is 0.378. The van der Waals surface area contributed by atoms with Gasteiger partial charge in [0, 0.05) is 58.0 Å². The van der Waals surface area contributed by atoms with E-state index in [0.717, 1.165) is 119 Å². The van der Waals surface area contributed by atoms with Crippen molar-refractivity contribution in [2.45, 2.75) is 37.5 Å². The van der Waals surface area contributed by atoms with E-state index in [1.807, 2.05) is 67.1 Å². The molecule has 2 aliphatic rings. The van der Waals surface area contributed by atoms with Crippen LogP contribution in [0.15, 0.2) is 261 Å². The molecule has 8 bridgehead atoms. The van der Waals surface area contributed by atoms with E-state index < -0.39 is 0 Å². The van der Waals surface area contributed by atoms with Gasteiger partial charge in [-0.05, 0) is 134 Å². The molecule has 4 aromatic heterocycles. The van der Waals surface area contributed by atoms with Crippen molar-refractivity contribution in [3.8, 4) is 124 Å². The zero-order valence-electron chi connectivity index (χ0n) is 43.5. The molecule has 0 amide bonds. The van der Waals surface area contributed by atoms with Crippen LogP contribution in [0.1, 0.15) is 48.6 Å². The summed E-state index contributed by atoms with van der Waals surface area (Å²) in [5, 5.41) is 0. The predicted octanol–water partition coefficient (Wildman–Crippen LogP) is 18.9. The molecule has 1 saturated carbocycles. The molecule has 8 aromatic carbocycles. The van der Waals surface area contributed by atoms with Gasteiger partial charge in [0.25, 0.3) is 0 Å². The van der Waals surface area contributed by atoms with Gasteiger partial charge in [-0.3, -0.25) is 9.97 Å². The second-order valence-electron chi connectivity index (χ2n) is 20.7. The van der Waals surface area contributed by atoms with Gasteiger partial charge in [-0.15, -0.1) is 0 Å². The summed E-state index contributed by atoms with van der Waals surface area (Å²) in [5.74, 6) is 2.27. The first-order chi connectivity index (χ1) is 39.1. The minimum atomic E-state index is 0.378. The number of nitrogens with zero attached hydrogens (tertiary/aromatic N) is 5. The molecule has 0 N–H and O–H groups in total. The Bertz CT molecular complexity index is 4030. The molecular formula is C73H53N5O. The van der Waals surface area contributed by atoms with Crippen LogP contribution in [0.4, 0.5) is 0 Å². The lowest BCUT2D eigenvalue weighted by Gasteiger charge is -2.33. The molecule has 2 atom stereocenters. The smallest absolute Gasteiger partial charge is 0.232 e. The van der Waals surface area contributed by atoms with Crippen LogP contribution in [0.5, 0.6) is 11.8 Å². The molecule has 2 unspecified atom stereocenters. The van der Waals surface area contributed by atoms with Gasteiger partial charge in [-0.1, -0.05) is 201 Å². The van der Waals surface area contributed by atoms with Crippen molar-refractivity contribution in [3.05, 3.63) is 272 Å². The first-order valence-corrected chi connectivity index (χ1v) is 27.3. The summed E-state index contributed by atoms with van der Waals surface area (Å²) in [6, 6.07) is 85.8. The number of benzene rings is 8. The number of ether oxygens (including phenoxy) is 1. The fourth-order valence-electron chi connectivity index (χ4n) is 12.0. The van der Waals surface area contributed by atoms with Crippen LogP contribution in [0.25, 0.3) is 112 Å². The lowest BCUT2D eigenvalue weighted by atomic mass is 9.72. The maximum atomic E-state index is 6.96. The van der Waals surface area contributed by atoms with Gasteiger partial charge in [0.05, 0.1) is 22.6 Å². The van der Waals surface area contributed by atoms with Crippen molar-refractivity contribution in [2.75, 3.05) is 0 Å². The summed E-state index contributed by atoms with van der Waals surface area (Å²) >= 11 is 0. The number of fused-ring (bicyclic) bond motifs is 13. The van der Waals surface area contributed by atoms with E-state index in [0.29, 0.717) is 29.4 Å². The second kappa shape index (κ2) is 20.9. The quantitative estimate of drug-likeness (QED) is 0.151. The largest absolute Gasteiger partial charge is 0.420 e. The van der Waals surface area contributed by atoms with Gasteiger partial charge in [0.2, 0.25) is 11.8 Å². The third-order valence-corrected chi connectivity index (χ3v) is 15.9. The summed E-state index contributed by atoms with van der Waals surface area (Å²) < 4.78 is 6.96. The first kappa shape index (κ1) is 47.5. The number of hydrogen-bond acceptors (Lipinski definition) is 6. The van der Waals surface area contributed by atoms with Crippen molar-refractivity contribution < 1.29 is 4.74 Å². The molecule has 6 heteroatoms. The van der Waals surface area contributed by atoms with Crippen LogP contribution < -0.4 is 4.74 Å². The van der Waals surface area contributed by atoms with Gasteiger partial charge in [0.15, 0.2) is 5.82 Å². The summed E-state index contributed by atoms with van der Waals surface area (Å²) in [4.78, 5) is 25.7. The summed E-state index contributed by atoms with van der Waals surface area (Å²) in [6.07, 6.45) is 10.6. The Morgan fingerprint density at radius 3 is 1.28 bits per heavy atom. The van der Waals surface area contributed by atoms with Crippen molar-refractivity contribution in [1.82, 2.24) is 24.9 Å². The highest BCUT2D eigenvalue weighted by Gasteiger charge is 2.29. The zero-order valence-corrected chi connectivity index (χ0v) is 43.5. The molecule has 0 radical (unpaired) electrons. The van der Waals surface area contributed by atoms with Crippen LogP contribution in [0, 0.1) is 0 Å². The molecule has 1 fully saturated rings. The Morgan fingerprint density at radius 1 is 0.291 bits per heavy atom. The average molecular weight is 1020 g/mol. The highest BCUT2D eigenvalue weighted by atomic mass is 16.5. The molecule has 1 aliphatic carbocycles. The summed E-state index contributed by atoms with van der Waals surface area (Å²) in [6.45, 7) is 0. The maximum absolute atomic E-state index is 6.96. The average Bonchev–Trinajstić information content (AvgIpc) is 3.57. The highest BCUT2D eigenvalue weighted by Crippen LogP contribution is 2.47. The Hall–Kier alpha value is -9.91. The van der Waals surface area contributed by atoms with E-state index >= 15 is 0 Å². The van der Waals surface area contributed by atoms with Crippen LogP contribution in [-0.4, -0.2) is 24.9 Å². The molecule has 1 aliphatic heterocycles. The lowest BCUT2D eigenvalue weighted by molar-refractivity contribution is 0.386. The van der Waals surface area contributed by atoms with E-state index in [1.165, 1.54) is 24.0 Å². The van der Waals surface area contributed by atoms with Crippen molar-refractivity contribution >= 4 is 0 Å². The molecule has 376 valence electrons. The summed E-state index contributed by atoms with van der Waals surface area (Å²) in [7, 11) is 0. The molecular weight excluding hydrogens is 963 g/mol. The topological polar surface area (TPSA) is 73.7 Å². The van der Waals surface area contributed by atoms with Crippen molar-refractivity contribution in [2.24, 2.45) is 0 Å². The summed E-state index contributed by atoms with van der Waals surface area (Å²) in [5.41, 5.74) is 21.8. The van der Waals surface area contributed by atoms with Crippen LogP contribution >= 0.6 is 0 Å². The zero-order chi connectivity index (χ0) is 52.5. The first-order valence-electron chi connectivity index (χ1n) is 27.3. The van der Waals surface area contributed by atoms with Gasteiger partial charge in [-0.2, -0.15) is 4.98 Å². The van der Waals surface area contributed by atoms with Crippen molar-refractivity contribution in [1.29, 1.82) is 0 Å². The SMILES string of the molecule is c1ccc(-c2ccc(-c3ccccc3-c3cc(-c4ccccc4-c4ccc(-c5ccccc5)nc4)cc(-c4ccccc4-c4cnc5nc4Oc4cccc(n4)-c4cccc(c4)C4CCCCC4c4cccc-5c4)c3)cn2)cc1. The minimum Gasteiger partial charge on any atom is -0.420 e. The van der Waals surface area contributed by atoms with Gasteiger partial charge >= 0.3 is 0 Å². The monoisotopic (exact) mass is 1020 g/mol. The molecule has 0 saturated heterocycles. The number of aromatic nitrogens is 5. The number of rotatable bonds is 8. The lowest BCUT2D eigenvalue weighted by Crippen LogP contribution is -2.16. The van der Waals surface area contributed by atoms with E-state index in [9.17, 15) is 0 Å². The molecule has 12 aromatic rings. The Balaban J connectivity index is 0.936. The fraction of sp³-hybridized carbons (Fsp3) is 0.0822. The normalized spacial score (nSPS) is 14.5. The Kier molecular flexibility index (Phi) is 12.6. The van der Waals surface area contributed by atoms with Crippen LogP contribution in [0.2, 0.25) is 0 Å². The maximum Gasteiger partial charge on any atom is 0.232 e. The molecule has 5 heterocycles. The molecule has 14 rings (SSSR count). The second-order valence-corrected chi connectivity index (χ2v) is 20.7. The van der Waals surface area contributed by atoms with E-state index in [2.05, 4.69) is 194 Å². The molecule has 79 heavy (non-hydrogen) atoms. The van der Waals surface area contributed by atoms with E-state index in [1.54, 1.807) is 0 Å². The predicted molar refractivity (Wildman–Crippen MR) is 320 cm³/mol. The van der Waals surface area contributed by atoms with Crippen molar-refractivity contribution in [3.63, 3.8) is 0 Å². The highest BCUT2D eigenvalue weighted by molar-refractivity contribution is 5.94. The third kappa shape index (κ3) is 9.48. The van der Waals surface area contributed by atoms with Gasteiger partial charge in [0.1, 0.15) is 0 Å². The Labute approximate surface area is 460 Å². The standard InChI is InChI=1S/C73H53N5O/c1-3-18-48(19-4-1)68-38-36-54(45-74-68)61-28-9-11-30-63(61)56-42-57(64-31-12-10-29-62(64)55-37-39-69(75-46-55)49-20-5-2-6-21-49)44-58(43-56)65-32-13-14-33-66(65)67-47-76-72-53-25-16-23-51(41-53)60-27-8-7-26-59(60)50-22-15-24-52(40-50)70-34-17-35-71(77-70)79-73(67)78-72/h1-6,9-25,28-47,59-60H,7-8,26-27H2. The van der Waals surface area contributed by atoms with Crippen LogP contribution in [0.3, 0.4) is 0 Å². The Morgan fingerprint density at radius 2 is 0.747 bits per heavy atom. The third-order valence-electron chi connectivity index (χ3n) is 15.9.